The van der Waals surface area contributed by atoms with E-state index in [4.69, 9.17) is 8.53 Å². The molecule has 0 fully saturated rings. The summed E-state index contributed by atoms with van der Waals surface area (Å²) >= 11 is 0. The van der Waals surface area contributed by atoms with Crippen LogP contribution in [0.3, 0.4) is 0 Å². The second-order valence-electron chi connectivity index (χ2n) is 10.9. The fraction of sp³-hybridized carbons (Fsp3) is 0.0250. The summed E-state index contributed by atoms with van der Waals surface area (Å²) in [5, 5.41) is 6.58. The van der Waals surface area contributed by atoms with Crippen molar-refractivity contribution < 1.29 is 8.53 Å². The van der Waals surface area contributed by atoms with E-state index in [-0.39, 0.29) is 5.82 Å². The van der Waals surface area contributed by atoms with Crippen molar-refractivity contribution >= 4 is 54.5 Å². The highest BCUT2D eigenvalue weighted by molar-refractivity contribution is 6.22. The zero-order valence-electron chi connectivity index (χ0n) is 26.1. The fourth-order valence-corrected chi connectivity index (χ4v) is 6.76. The maximum absolute atomic E-state index is 8.40. The predicted octanol–water partition coefficient (Wildman–Crippen LogP) is 10.9. The fourth-order valence-electron chi connectivity index (χ4n) is 6.76. The van der Waals surface area contributed by atoms with Crippen LogP contribution in [-0.2, 0) is 0 Å². The maximum atomic E-state index is 8.40. The average Bonchev–Trinajstić information content (AvgIpc) is 3.66. The standard InChI is InChI=1S/C40H26N2O/c1-25-41-34-18-8-10-20-36(34)42(25)35-19-9-6-17-32(35)40-30-15-4-2-13-28(30)39(29-14-3-5-16-31(29)40)26-22-23-38-33(24-26)27-12-7-11-21-37(27)43-38/h2-24H,1H3/i1D3. The lowest BCUT2D eigenvalue weighted by molar-refractivity contribution is 0.669. The molecule has 0 unspecified atom stereocenters. The van der Waals surface area contributed by atoms with Crippen molar-refractivity contribution in [1.29, 1.82) is 0 Å². The Bertz CT molecular complexity index is 2590. The van der Waals surface area contributed by atoms with Crippen molar-refractivity contribution in [2.45, 2.75) is 6.85 Å². The van der Waals surface area contributed by atoms with Crippen LogP contribution in [0.25, 0.3) is 82.5 Å². The highest BCUT2D eigenvalue weighted by Crippen LogP contribution is 2.46. The Morgan fingerprint density at radius 1 is 0.558 bits per heavy atom. The summed E-state index contributed by atoms with van der Waals surface area (Å²) in [4.78, 5) is 4.61. The lowest BCUT2D eigenvalue weighted by Crippen LogP contribution is -2.00. The zero-order valence-corrected chi connectivity index (χ0v) is 23.1. The zero-order chi connectivity index (χ0) is 31.0. The van der Waals surface area contributed by atoms with Gasteiger partial charge in [0, 0.05) is 20.4 Å². The van der Waals surface area contributed by atoms with Gasteiger partial charge in [-0.15, -0.1) is 0 Å². The highest BCUT2D eigenvalue weighted by atomic mass is 16.3. The Balaban J connectivity index is 1.38. The molecule has 2 heterocycles. The first kappa shape index (κ1) is 21.1. The van der Waals surface area contributed by atoms with E-state index in [2.05, 4.69) is 83.8 Å². The number of benzene rings is 7. The third kappa shape index (κ3) is 3.52. The van der Waals surface area contributed by atoms with Gasteiger partial charge in [-0.3, -0.25) is 4.57 Å². The van der Waals surface area contributed by atoms with Crippen LogP contribution in [0.4, 0.5) is 0 Å². The molecule has 9 aromatic rings. The van der Waals surface area contributed by atoms with Gasteiger partial charge in [0.2, 0.25) is 0 Å². The van der Waals surface area contributed by atoms with Crippen LogP contribution >= 0.6 is 0 Å². The SMILES string of the molecule is [2H]C([2H])([2H])c1nc2ccccc2n1-c1ccccc1-c1c2ccccc2c(-c2ccc3oc4ccccc4c3c2)c2ccccc12. The summed E-state index contributed by atoms with van der Waals surface area (Å²) < 4.78 is 33.2. The van der Waals surface area contributed by atoms with E-state index in [9.17, 15) is 0 Å². The molecule has 0 aliphatic rings. The summed E-state index contributed by atoms with van der Waals surface area (Å²) in [6, 6.07) is 47.3. The Morgan fingerprint density at radius 3 is 1.93 bits per heavy atom. The van der Waals surface area contributed by atoms with Crippen LogP contribution in [0.2, 0.25) is 0 Å². The molecular formula is C40H26N2O. The summed E-state index contributed by atoms with van der Waals surface area (Å²) in [7, 11) is 0. The third-order valence-corrected chi connectivity index (χ3v) is 8.57. The van der Waals surface area contributed by atoms with Crippen molar-refractivity contribution in [1.82, 2.24) is 9.55 Å². The lowest BCUT2D eigenvalue weighted by atomic mass is 9.85. The van der Waals surface area contributed by atoms with Crippen LogP contribution < -0.4 is 0 Å². The minimum Gasteiger partial charge on any atom is -0.456 e. The number of fused-ring (bicyclic) bond motifs is 6. The lowest BCUT2D eigenvalue weighted by Gasteiger charge is -2.20. The number of hydrogen-bond acceptors (Lipinski definition) is 2. The second kappa shape index (κ2) is 9.17. The topological polar surface area (TPSA) is 31.0 Å². The molecule has 0 saturated heterocycles. The van der Waals surface area contributed by atoms with Gasteiger partial charge in [-0.05, 0) is 81.5 Å². The number of rotatable bonds is 3. The minimum absolute atomic E-state index is 0.0482. The Morgan fingerprint density at radius 2 is 1.16 bits per heavy atom. The van der Waals surface area contributed by atoms with Crippen molar-refractivity contribution in [3.8, 4) is 27.9 Å². The molecule has 7 aromatic carbocycles. The molecule has 0 atom stereocenters. The largest absolute Gasteiger partial charge is 0.456 e. The Hall–Kier alpha value is -5.67. The predicted molar refractivity (Wildman–Crippen MR) is 179 cm³/mol. The van der Waals surface area contributed by atoms with Crippen LogP contribution in [0.1, 0.15) is 9.94 Å². The van der Waals surface area contributed by atoms with Gasteiger partial charge in [-0.2, -0.15) is 0 Å². The number of hydrogen-bond donors (Lipinski definition) is 0. The smallest absolute Gasteiger partial charge is 0.135 e. The molecule has 0 aliphatic carbocycles. The summed E-state index contributed by atoms with van der Waals surface area (Å²) in [5.41, 5.74) is 8.16. The van der Waals surface area contributed by atoms with Gasteiger partial charge in [0.1, 0.15) is 17.0 Å². The van der Waals surface area contributed by atoms with E-state index in [1.807, 2.05) is 65.2 Å². The number of para-hydroxylation sites is 4. The number of aryl methyl sites for hydroxylation is 1. The quantitative estimate of drug-likeness (QED) is 0.204. The number of aromatic nitrogens is 2. The minimum atomic E-state index is -2.41. The first-order valence-corrected chi connectivity index (χ1v) is 14.4. The number of imidazole rings is 1. The third-order valence-electron chi connectivity index (χ3n) is 8.57. The van der Waals surface area contributed by atoms with Crippen molar-refractivity contribution in [2.75, 3.05) is 0 Å². The van der Waals surface area contributed by atoms with Crippen LogP contribution in [0, 0.1) is 6.85 Å². The normalized spacial score (nSPS) is 13.2. The van der Waals surface area contributed by atoms with Gasteiger partial charge in [0.25, 0.3) is 0 Å². The first-order valence-electron chi connectivity index (χ1n) is 15.9. The van der Waals surface area contributed by atoms with Gasteiger partial charge in [0.05, 0.1) is 16.7 Å². The summed E-state index contributed by atoms with van der Waals surface area (Å²) in [6.07, 6.45) is 0. The summed E-state index contributed by atoms with van der Waals surface area (Å²) in [6.45, 7) is -2.41. The van der Waals surface area contributed by atoms with Crippen LogP contribution in [0.5, 0.6) is 0 Å². The van der Waals surface area contributed by atoms with Gasteiger partial charge < -0.3 is 4.42 Å². The van der Waals surface area contributed by atoms with Gasteiger partial charge >= 0.3 is 0 Å². The molecule has 0 N–H and O–H groups in total. The molecule has 2 aromatic heterocycles. The van der Waals surface area contributed by atoms with Crippen LogP contribution in [-0.4, -0.2) is 9.55 Å². The van der Waals surface area contributed by atoms with E-state index in [1.54, 1.807) is 0 Å². The average molecular weight is 554 g/mol. The number of furan rings is 1. The van der Waals surface area contributed by atoms with E-state index in [1.165, 1.54) is 0 Å². The van der Waals surface area contributed by atoms with E-state index in [0.29, 0.717) is 5.52 Å². The molecule has 0 aliphatic heterocycles. The molecule has 0 bridgehead atoms. The molecule has 3 heteroatoms. The van der Waals surface area contributed by atoms with E-state index < -0.39 is 6.85 Å². The van der Waals surface area contributed by atoms with Crippen molar-refractivity contribution in [3.05, 3.63) is 145 Å². The molecule has 43 heavy (non-hydrogen) atoms. The molecule has 3 nitrogen and oxygen atoms in total. The molecule has 0 radical (unpaired) electrons. The van der Waals surface area contributed by atoms with E-state index in [0.717, 1.165) is 76.9 Å². The Kier molecular flexibility index (Phi) is 4.50. The second-order valence-corrected chi connectivity index (χ2v) is 10.9. The first-order chi connectivity index (χ1) is 22.5. The maximum Gasteiger partial charge on any atom is 0.135 e. The highest BCUT2D eigenvalue weighted by Gasteiger charge is 2.21. The molecule has 0 saturated carbocycles. The monoisotopic (exact) mass is 553 g/mol. The van der Waals surface area contributed by atoms with Gasteiger partial charge in [-0.25, -0.2) is 4.98 Å². The van der Waals surface area contributed by atoms with Gasteiger partial charge in [0.15, 0.2) is 0 Å². The van der Waals surface area contributed by atoms with Crippen LogP contribution in [0.15, 0.2) is 144 Å². The summed E-state index contributed by atoms with van der Waals surface area (Å²) in [5.74, 6) is 0.0482. The molecule has 9 rings (SSSR count). The van der Waals surface area contributed by atoms with E-state index >= 15 is 0 Å². The molecule has 202 valence electrons. The molecule has 0 spiro atoms. The van der Waals surface area contributed by atoms with Crippen molar-refractivity contribution in [2.24, 2.45) is 0 Å². The number of nitrogens with zero attached hydrogens (tertiary/aromatic N) is 2. The Labute approximate surface area is 252 Å². The molecule has 0 amide bonds. The molecular weight excluding hydrogens is 524 g/mol. The van der Waals surface area contributed by atoms with Gasteiger partial charge in [-0.1, -0.05) is 103 Å². The van der Waals surface area contributed by atoms with Crippen molar-refractivity contribution in [3.63, 3.8) is 0 Å².